The largest absolute Gasteiger partial charge is 0.390 e. The summed E-state index contributed by atoms with van der Waals surface area (Å²) in [5.41, 5.74) is 0.720. The van der Waals surface area contributed by atoms with Crippen LogP contribution in [0.1, 0.15) is 53.9 Å². The molecule has 0 aromatic carbocycles. The predicted molar refractivity (Wildman–Crippen MR) is 67.2 cm³/mol. The Morgan fingerprint density at radius 2 is 2.13 bits per heavy atom. The highest BCUT2D eigenvalue weighted by Crippen LogP contribution is 2.38. The number of unbranched alkanes of at least 4 members (excludes halogenated alkanes) is 1. The second-order valence-electron chi connectivity index (χ2n) is 4.55. The third-order valence-electron chi connectivity index (χ3n) is 2.80. The van der Waals surface area contributed by atoms with E-state index in [-0.39, 0.29) is 7.43 Å². The molecule has 88 valence electrons. The zero-order valence-electron chi connectivity index (χ0n) is 9.45. The smallest absolute Gasteiger partial charge is 0.0632 e. The summed E-state index contributed by atoms with van der Waals surface area (Å²) in [5, 5.41) is 9.57. The minimum absolute atomic E-state index is 0. The normalized spacial score (nSPS) is 31.2. The Bertz CT molecular complexity index is 233. The number of rotatable bonds is 4. The van der Waals surface area contributed by atoms with Gasteiger partial charge in [-0.3, -0.25) is 4.99 Å². The van der Waals surface area contributed by atoms with Crippen LogP contribution in [-0.4, -0.2) is 16.4 Å². The lowest BCUT2D eigenvalue weighted by Crippen LogP contribution is -2.43. The van der Waals surface area contributed by atoms with E-state index in [4.69, 9.17) is 0 Å². The summed E-state index contributed by atoms with van der Waals surface area (Å²) < 4.78 is 0. The summed E-state index contributed by atoms with van der Waals surface area (Å²) in [6.07, 6.45) is 7.99. The van der Waals surface area contributed by atoms with Crippen molar-refractivity contribution in [1.29, 1.82) is 0 Å². The summed E-state index contributed by atoms with van der Waals surface area (Å²) in [7, 11) is 0. The number of aliphatic hydroxyl groups is 1. The summed E-state index contributed by atoms with van der Waals surface area (Å²) >= 11 is 0. The first-order valence-corrected chi connectivity index (χ1v) is 5.47. The lowest BCUT2D eigenvalue weighted by Gasteiger charge is -2.40. The van der Waals surface area contributed by atoms with Crippen molar-refractivity contribution >= 4 is 5.71 Å². The fourth-order valence-electron chi connectivity index (χ4n) is 1.81. The van der Waals surface area contributed by atoms with Gasteiger partial charge >= 0.3 is 0 Å². The van der Waals surface area contributed by atoms with Gasteiger partial charge in [0.1, 0.15) is 0 Å². The van der Waals surface area contributed by atoms with Crippen molar-refractivity contribution < 1.29 is 5.11 Å². The van der Waals surface area contributed by atoms with E-state index in [0.29, 0.717) is 5.92 Å². The van der Waals surface area contributed by atoms with Gasteiger partial charge in [0.2, 0.25) is 0 Å². The van der Waals surface area contributed by atoms with Crippen LogP contribution in [0.4, 0.5) is 0 Å². The van der Waals surface area contributed by atoms with Gasteiger partial charge in [0.05, 0.1) is 5.60 Å². The van der Waals surface area contributed by atoms with Gasteiger partial charge in [-0.25, -0.2) is 0 Å². The van der Waals surface area contributed by atoms with E-state index in [2.05, 4.69) is 24.9 Å². The van der Waals surface area contributed by atoms with Crippen LogP contribution >= 0.6 is 0 Å². The monoisotopic (exact) mass is 211 g/mol. The van der Waals surface area contributed by atoms with Crippen molar-refractivity contribution in [3.8, 4) is 0 Å². The fourth-order valence-corrected chi connectivity index (χ4v) is 1.81. The van der Waals surface area contributed by atoms with Crippen molar-refractivity contribution in [2.75, 3.05) is 0 Å². The molecule has 0 spiro atoms. The molecular formula is C13H25NO. The number of hydrogen-bond donors (Lipinski definition) is 1. The molecule has 2 nitrogen and oxygen atoms in total. The van der Waals surface area contributed by atoms with Crippen molar-refractivity contribution in [1.82, 2.24) is 0 Å². The first kappa shape index (κ1) is 14.4. The molecule has 1 aliphatic rings. The van der Waals surface area contributed by atoms with Crippen LogP contribution in [0.2, 0.25) is 0 Å². The van der Waals surface area contributed by atoms with Crippen LogP contribution in [0.15, 0.2) is 17.3 Å². The van der Waals surface area contributed by atoms with Gasteiger partial charge in [-0.05, 0) is 33.1 Å². The number of hydrogen-bond acceptors (Lipinski definition) is 2. The molecule has 1 rings (SSSR count). The Labute approximate surface area is 94.1 Å². The molecule has 0 aromatic heterocycles. The Morgan fingerprint density at radius 3 is 2.60 bits per heavy atom. The molecule has 0 heterocycles. The quantitative estimate of drug-likeness (QED) is 0.709. The predicted octanol–water partition coefficient (Wildman–Crippen LogP) is 3.56. The summed E-state index contributed by atoms with van der Waals surface area (Å²) in [4.78, 5) is 4.37. The zero-order chi connectivity index (χ0) is 10.6. The molecule has 0 unspecified atom stereocenters. The lowest BCUT2D eigenvalue weighted by molar-refractivity contribution is -0.0357. The molecule has 15 heavy (non-hydrogen) atoms. The third kappa shape index (κ3) is 4.61. The van der Waals surface area contributed by atoms with Gasteiger partial charge in [-0.2, -0.15) is 0 Å². The van der Waals surface area contributed by atoms with E-state index in [1.165, 1.54) is 6.42 Å². The molecule has 0 aliphatic heterocycles. The topological polar surface area (TPSA) is 32.6 Å². The Balaban J connectivity index is 0.00000196. The van der Waals surface area contributed by atoms with E-state index in [1.807, 2.05) is 13.1 Å². The molecule has 1 aliphatic carbocycles. The van der Waals surface area contributed by atoms with Crippen LogP contribution in [-0.2, 0) is 0 Å². The maximum atomic E-state index is 9.57. The van der Waals surface area contributed by atoms with Gasteiger partial charge in [-0.15, -0.1) is 0 Å². The minimum Gasteiger partial charge on any atom is -0.390 e. The second kappa shape index (κ2) is 6.06. The zero-order valence-corrected chi connectivity index (χ0v) is 9.45. The van der Waals surface area contributed by atoms with Crippen molar-refractivity contribution in [3.05, 3.63) is 12.3 Å². The van der Waals surface area contributed by atoms with Crippen molar-refractivity contribution in [2.45, 2.75) is 59.5 Å². The highest BCUT2D eigenvalue weighted by atomic mass is 16.3. The standard InChI is InChI=1S/C12H21NO.CH4/c1-4-5-6-7-13-10(2)11-8-12(3,14)9-11;/h6-7,11,14H,4-5,8-9H2,1-3H3;1H4/b7-6+,13-10?;. The molecule has 1 fully saturated rings. The number of allylic oxidation sites excluding steroid dienone is 1. The maximum Gasteiger partial charge on any atom is 0.0632 e. The average Bonchev–Trinajstić information content (AvgIpc) is 2.08. The summed E-state index contributed by atoms with van der Waals surface area (Å²) in [5.74, 6) is 0.497. The first-order chi connectivity index (χ1) is 6.55. The molecule has 0 bridgehead atoms. The molecule has 0 amide bonds. The Hall–Kier alpha value is -0.630. The molecule has 0 atom stereocenters. The van der Waals surface area contributed by atoms with Crippen molar-refractivity contribution in [2.24, 2.45) is 10.9 Å². The summed E-state index contributed by atoms with van der Waals surface area (Å²) in [6, 6.07) is 0. The first-order valence-electron chi connectivity index (χ1n) is 5.47. The Morgan fingerprint density at radius 1 is 1.53 bits per heavy atom. The van der Waals surface area contributed by atoms with Gasteiger partial charge in [0.25, 0.3) is 0 Å². The third-order valence-corrected chi connectivity index (χ3v) is 2.80. The van der Waals surface area contributed by atoms with Crippen LogP contribution < -0.4 is 0 Å². The molecule has 0 saturated heterocycles. The molecule has 1 N–H and O–H groups in total. The highest BCUT2D eigenvalue weighted by Gasteiger charge is 2.39. The maximum absolute atomic E-state index is 9.57. The molecular weight excluding hydrogens is 186 g/mol. The second-order valence-corrected chi connectivity index (χ2v) is 4.55. The van der Waals surface area contributed by atoms with Crippen molar-refractivity contribution in [3.63, 3.8) is 0 Å². The fraction of sp³-hybridized carbons (Fsp3) is 0.769. The molecule has 2 heteroatoms. The van der Waals surface area contributed by atoms with Gasteiger partial charge < -0.3 is 5.11 Å². The lowest BCUT2D eigenvalue weighted by atomic mass is 9.70. The van der Waals surface area contributed by atoms with E-state index in [0.717, 1.165) is 25.0 Å². The summed E-state index contributed by atoms with van der Waals surface area (Å²) in [6.45, 7) is 6.10. The Kier molecular flexibility index (Phi) is 5.81. The van der Waals surface area contributed by atoms with Gasteiger partial charge in [0.15, 0.2) is 0 Å². The molecule has 0 radical (unpaired) electrons. The average molecular weight is 211 g/mol. The molecule has 0 aromatic rings. The SMILES string of the molecule is C.CCC/C=C/N=C(C)C1CC(C)(O)C1. The number of aliphatic imine (C=N–C) groups is 1. The van der Waals surface area contributed by atoms with Crippen LogP contribution in [0.3, 0.4) is 0 Å². The van der Waals surface area contributed by atoms with Crippen LogP contribution in [0.5, 0.6) is 0 Å². The van der Waals surface area contributed by atoms with Gasteiger partial charge in [-0.1, -0.05) is 26.8 Å². The van der Waals surface area contributed by atoms with E-state index in [1.54, 1.807) is 0 Å². The van der Waals surface area contributed by atoms with Gasteiger partial charge in [0, 0.05) is 17.8 Å². The molecule has 1 saturated carbocycles. The minimum atomic E-state index is -0.436. The van der Waals surface area contributed by atoms with E-state index < -0.39 is 5.60 Å². The highest BCUT2D eigenvalue weighted by molar-refractivity contribution is 5.86. The van der Waals surface area contributed by atoms with E-state index in [9.17, 15) is 5.11 Å². The van der Waals surface area contributed by atoms with E-state index >= 15 is 0 Å². The number of nitrogens with zero attached hydrogens (tertiary/aromatic N) is 1. The van der Waals surface area contributed by atoms with Crippen LogP contribution in [0, 0.1) is 5.92 Å². The van der Waals surface area contributed by atoms with Crippen LogP contribution in [0.25, 0.3) is 0 Å².